The van der Waals surface area contributed by atoms with Crippen molar-refractivity contribution in [3.63, 3.8) is 0 Å². The van der Waals surface area contributed by atoms with Gasteiger partial charge in [-0.1, -0.05) is 6.07 Å². The Bertz CT molecular complexity index is 637. The number of fused-ring (bicyclic) bond motifs is 1. The number of amides is 1. The first kappa shape index (κ1) is 11.6. The molecule has 0 saturated carbocycles. The highest BCUT2D eigenvalue weighted by atomic mass is 16.5. The summed E-state index contributed by atoms with van der Waals surface area (Å²) in [5.41, 5.74) is 2.22. The summed E-state index contributed by atoms with van der Waals surface area (Å²) in [5, 5.41) is 12.1. The molecule has 2 aromatic carbocycles. The summed E-state index contributed by atoms with van der Waals surface area (Å²) in [6, 6.07) is 11.9. The molecule has 1 aliphatic heterocycles. The molecule has 1 aliphatic rings. The lowest BCUT2D eigenvalue weighted by Crippen LogP contribution is -2.11. The molecular weight excluding hydrogens is 242 g/mol. The molecule has 0 radical (unpaired) electrons. The van der Waals surface area contributed by atoms with E-state index < -0.39 is 0 Å². The van der Waals surface area contributed by atoms with Crippen molar-refractivity contribution in [1.29, 1.82) is 0 Å². The molecule has 0 aliphatic carbocycles. The molecule has 0 atom stereocenters. The monoisotopic (exact) mass is 255 g/mol. The van der Waals surface area contributed by atoms with E-state index in [1.165, 1.54) is 6.07 Å². The first-order chi connectivity index (χ1) is 9.22. The van der Waals surface area contributed by atoms with Crippen molar-refractivity contribution >= 4 is 11.6 Å². The molecule has 0 aromatic heterocycles. The number of anilines is 1. The van der Waals surface area contributed by atoms with Gasteiger partial charge >= 0.3 is 0 Å². The van der Waals surface area contributed by atoms with Crippen LogP contribution in [0.15, 0.2) is 42.5 Å². The largest absolute Gasteiger partial charge is 0.508 e. The predicted octanol–water partition coefficient (Wildman–Crippen LogP) is 2.58. The van der Waals surface area contributed by atoms with E-state index in [9.17, 15) is 9.90 Å². The van der Waals surface area contributed by atoms with Crippen molar-refractivity contribution in [2.75, 3.05) is 11.9 Å². The van der Waals surface area contributed by atoms with Gasteiger partial charge in [-0.05, 0) is 35.9 Å². The van der Waals surface area contributed by atoms with Gasteiger partial charge in [0.25, 0.3) is 5.91 Å². The van der Waals surface area contributed by atoms with Gasteiger partial charge in [0.2, 0.25) is 0 Å². The Balaban J connectivity index is 1.81. The molecule has 0 unspecified atom stereocenters. The van der Waals surface area contributed by atoms with Crippen molar-refractivity contribution < 1.29 is 14.6 Å². The normalized spacial score (nSPS) is 12.6. The number of phenols is 1. The summed E-state index contributed by atoms with van der Waals surface area (Å²) in [6.07, 6.45) is 0.836. The zero-order valence-electron chi connectivity index (χ0n) is 10.2. The van der Waals surface area contributed by atoms with Crippen LogP contribution in [-0.4, -0.2) is 17.6 Å². The molecule has 1 amide bonds. The number of phenolic OH excluding ortho intramolecular Hbond substituents is 1. The van der Waals surface area contributed by atoms with Crippen LogP contribution in [-0.2, 0) is 6.42 Å². The van der Waals surface area contributed by atoms with Gasteiger partial charge in [0.15, 0.2) is 0 Å². The van der Waals surface area contributed by atoms with E-state index in [2.05, 4.69) is 5.32 Å². The van der Waals surface area contributed by atoms with Gasteiger partial charge in [-0.15, -0.1) is 0 Å². The van der Waals surface area contributed by atoms with Crippen LogP contribution in [0, 0.1) is 0 Å². The smallest absolute Gasteiger partial charge is 0.255 e. The highest BCUT2D eigenvalue weighted by Crippen LogP contribution is 2.26. The van der Waals surface area contributed by atoms with Crippen molar-refractivity contribution in [3.8, 4) is 11.5 Å². The molecule has 2 aromatic rings. The number of aromatic hydroxyl groups is 1. The number of hydrogen-bond acceptors (Lipinski definition) is 3. The first-order valence-electron chi connectivity index (χ1n) is 6.08. The summed E-state index contributed by atoms with van der Waals surface area (Å²) in [7, 11) is 0. The van der Waals surface area contributed by atoms with Gasteiger partial charge in [-0.2, -0.15) is 0 Å². The Morgan fingerprint density at radius 1 is 1.21 bits per heavy atom. The molecule has 3 rings (SSSR count). The first-order valence-corrected chi connectivity index (χ1v) is 6.08. The van der Waals surface area contributed by atoms with Crippen LogP contribution in [0.25, 0.3) is 0 Å². The Morgan fingerprint density at radius 3 is 2.95 bits per heavy atom. The lowest BCUT2D eigenvalue weighted by molar-refractivity contribution is 0.102. The van der Waals surface area contributed by atoms with Gasteiger partial charge in [0.05, 0.1) is 6.61 Å². The fourth-order valence-electron chi connectivity index (χ4n) is 2.11. The molecule has 2 N–H and O–H groups in total. The maximum Gasteiger partial charge on any atom is 0.255 e. The fraction of sp³-hybridized carbons (Fsp3) is 0.133. The third kappa shape index (κ3) is 2.38. The van der Waals surface area contributed by atoms with E-state index in [1.807, 2.05) is 12.1 Å². The maximum atomic E-state index is 12.1. The van der Waals surface area contributed by atoms with Crippen molar-refractivity contribution in [2.24, 2.45) is 0 Å². The molecule has 1 heterocycles. The highest BCUT2D eigenvalue weighted by molar-refractivity contribution is 6.04. The van der Waals surface area contributed by atoms with E-state index in [0.717, 1.165) is 17.7 Å². The summed E-state index contributed by atoms with van der Waals surface area (Å²) >= 11 is 0. The van der Waals surface area contributed by atoms with Crippen molar-refractivity contribution in [3.05, 3.63) is 53.6 Å². The minimum Gasteiger partial charge on any atom is -0.508 e. The number of carbonyl (C=O) groups excluding carboxylic acids is 1. The SMILES string of the molecule is O=C(Nc1cccc(O)c1)c1ccc2c(c1)CCO2. The molecule has 4 nitrogen and oxygen atoms in total. The molecule has 0 spiro atoms. The summed E-state index contributed by atoms with van der Waals surface area (Å²) < 4.78 is 5.40. The van der Waals surface area contributed by atoms with Gasteiger partial charge in [-0.25, -0.2) is 0 Å². The molecule has 0 bridgehead atoms. The molecule has 96 valence electrons. The Morgan fingerprint density at radius 2 is 2.11 bits per heavy atom. The second kappa shape index (κ2) is 4.65. The predicted molar refractivity (Wildman–Crippen MR) is 71.7 cm³/mol. The van der Waals surface area contributed by atoms with Crippen LogP contribution >= 0.6 is 0 Å². The number of carbonyl (C=O) groups is 1. The fourth-order valence-corrected chi connectivity index (χ4v) is 2.11. The van der Waals surface area contributed by atoms with Crippen LogP contribution in [0.2, 0.25) is 0 Å². The zero-order chi connectivity index (χ0) is 13.2. The van der Waals surface area contributed by atoms with Gasteiger partial charge in [0.1, 0.15) is 11.5 Å². The van der Waals surface area contributed by atoms with Crippen molar-refractivity contribution in [2.45, 2.75) is 6.42 Å². The quantitative estimate of drug-likeness (QED) is 0.867. The van der Waals surface area contributed by atoms with E-state index in [4.69, 9.17) is 4.74 Å². The lowest BCUT2D eigenvalue weighted by atomic mass is 10.1. The van der Waals surface area contributed by atoms with E-state index >= 15 is 0 Å². The van der Waals surface area contributed by atoms with E-state index in [0.29, 0.717) is 17.9 Å². The summed E-state index contributed by atoms with van der Waals surface area (Å²) in [5.74, 6) is 0.786. The van der Waals surface area contributed by atoms with Crippen LogP contribution < -0.4 is 10.1 Å². The Hall–Kier alpha value is -2.49. The average molecular weight is 255 g/mol. The standard InChI is InChI=1S/C15H13NO3/c17-13-3-1-2-12(9-13)16-15(18)11-4-5-14-10(8-11)6-7-19-14/h1-5,8-9,17H,6-7H2,(H,16,18). The molecule has 0 saturated heterocycles. The van der Waals surface area contributed by atoms with Gasteiger partial charge in [0, 0.05) is 23.7 Å². The highest BCUT2D eigenvalue weighted by Gasteiger charge is 2.15. The van der Waals surface area contributed by atoms with Gasteiger partial charge < -0.3 is 15.2 Å². The molecule has 19 heavy (non-hydrogen) atoms. The lowest BCUT2D eigenvalue weighted by Gasteiger charge is -2.06. The van der Waals surface area contributed by atoms with Crippen LogP contribution in [0.4, 0.5) is 5.69 Å². The maximum absolute atomic E-state index is 12.1. The summed E-state index contributed by atoms with van der Waals surface area (Å²) in [4.78, 5) is 12.1. The second-order valence-corrected chi connectivity index (χ2v) is 4.43. The minimum atomic E-state index is -0.194. The Labute approximate surface area is 110 Å². The average Bonchev–Trinajstić information content (AvgIpc) is 2.85. The Kier molecular flexibility index (Phi) is 2.83. The van der Waals surface area contributed by atoms with E-state index in [-0.39, 0.29) is 11.7 Å². The molecule has 4 heteroatoms. The third-order valence-electron chi connectivity index (χ3n) is 3.06. The second-order valence-electron chi connectivity index (χ2n) is 4.43. The summed E-state index contributed by atoms with van der Waals surface area (Å²) in [6.45, 7) is 0.674. The van der Waals surface area contributed by atoms with Crippen LogP contribution in [0.1, 0.15) is 15.9 Å². The van der Waals surface area contributed by atoms with E-state index in [1.54, 1.807) is 24.3 Å². The topological polar surface area (TPSA) is 58.6 Å². The number of nitrogens with one attached hydrogen (secondary N) is 1. The minimum absolute atomic E-state index is 0.125. The molecule has 0 fully saturated rings. The van der Waals surface area contributed by atoms with Crippen molar-refractivity contribution in [1.82, 2.24) is 0 Å². The number of benzene rings is 2. The zero-order valence-corrected chi connectivity index (χ0v) is 10.2. The van der Waals surface area contributed by atoms with Crippen LogP contribution in [0.5, 0.6) is 11.5 Å². The third-order valence-corrected chi connectivity index (χ3v) is 3.06. The number of hydrogen-bond donors (Lipinski definition) is 2. The van der Waals surface area contributed by atoms with Gasteiger partial charge in [-0.3, -0.25) is 4.79 Å². The van der Waals surface area contributed by atoms with Crippen LogP contribution in [0.3, 0.4) is 0 Å². The number of ether oxygens (including phenoxy) is 1. The molecular formula is C15H13NO3. The number of rotatable bonds is 2.